The zero-order chi connectivity index (χ0) is 11.5. The molecule has 0 unspecified atom stereocenters. The highest BCUT2D eigenvalue weighted by atomic mass is 35.5. The van der Waals surface area contributed by atoms with Gasteiger partial charge in [-0.1, -0.05) is 6.07 Å². The first-order valence-electron chi connectivity index (χ1n) is 4.46. The fourth-order valence-electron chi connectivity index (χ4n) is 0.824. The first-order chi connectivity index (χ1) is 6.95. The van der Waals surface area contributed by atoms with Crippen LogP contribution in [0.25, 0.3) is 0 Å². The smallest absolute Gasteiger partial charge is 0.232 e. The van der Waals surface area contributed by atoms with Crippen molar-refractivity contribution >= 4 is 23.3 Å². The van der Waals surface area contributed by atoms with Crippen LogP contribution in [0.1, 0.15) is 13.8 Å². The topological polar surface area (TPSA) is 42.0 Å². The van der Waals surface area contributed by atoms with E-state index in [0.29, 0.717) is 0 Å². The van der Waals surface area contributed by atoms with Crippen molar-refractivity contribution in [3.63, 3.8) is 0 Å². The molecule has 0 aromatic carbocycles. The fraction of sp³-hybridized carbons (Fsp3) is 0.400. The van der Waals surface area contributed by atoms with Crippen LogP contribution in [0.5, 0.6) is 0 Å². The second-order valence-corrected chi connectivity index (χ2v) is 4.08. The predicted molar refractivity (Wildman–Crippen MR) is 57.3 cm³/mol. The van der Waals surface area contributed by atoms with Crippen LogP contribution in [0, 0.1) is 11.4 Å². The second kappa shape index (κ2) is 4.57. The van der Waals surface area contributed by atoms with Crippen molar-refractivity contribution in [3.05, 3.63) is 24.1 Å². The van der Waals surface area contributed by atoms with E-state index in [0.717, 1.165) is 0 Å². The third-order valence-corrected chi connectivity index (χ3v) is 2.57. The summed E-state index contributed by atoms with van der Waals surface area (Å²) in [5, 5.41) is 2.50. The lowest BCUT2D eigenvalue weighted by molar-refractivity contribution is -0.123. The number of rotatable bonds is 3. The Hall–Kier alpha value is -1.16. The van der Waals surface area contributed by atoms with Crippen molar-refractivity contribution in [1.82, 2.24) is 4.98 Å². The Morgan fingerprint density at radius 3 is 2.80 bits per heavy atom. The van der Waals surface area contributed by atoms with E-state index in [9.17, 15) is 9.18 Å². The van der Waals surface area contributed by atoms with Gasteiger partial charge in [0, 0.05) is 5.88 Å². The molecule has 0 aliphatic heterocycles. The number of amides is 1. The lowest BCUT2D eigenvalue weighted by Gasteiger charge is -2.19. The van der Waals surface area contributed by atoms with E-state index < -0.39 is 11.4 Å². The molecule has 1 aromatic heterocycles. The van der Waals surface area contributed by atoms with E-state index in [4.69, 9.17) is 11.6 Å². The Morgan fingerprint density at radius 2 is 2.27 bits per heavy atom. The quantitative estimate of drug-likeness (QED) is 0.640. The molecule has 3 nitrogen and oxygen atoms in total. The average molecular weight is 231 g/mol. The summed E-state index contributed by atoms with van der Waals surface area (Å²) in [6, 6.07) is 4.21. The van der Waals surface area contributed by atoms with Crippen LogP contribution in [0.4, 0.5) is 10.2 Å². The molecule has 0 saturated carbocycles. The summed E-state index contributed by atoms with van der Waals surface area (Å²) < 4.78 is 12.7. The minimum atomic E-state index is -0.699. The minimum Gasteiger partial charge on any atom is -0.310 e. The standard InChI is InChI=1S/C10H12ClFN2O/c1-10(2,6-11)9(15)14-8-5-3-4-7(12)13-8/h3-5H,6H2,1-2H3,(H,13,14,15). The van der Waals surface area contributed by atoms with Gasteiger partial charge in [-0.15, -0.1) is 11.6 Å². The highest BCUT2D eigenvalue weighted by molar-refractivity contribution is 6.20. The third-order valence-electron chi connectivity index (χ3n) is 1.91. The summed E-state index contributed by atoms with van der Waals surface area (Å²) >= 11 is 5.63. The van der Waals surface area contributed by atoms with Crippen molar-refractivity contribution in [2.24, 2.45) is 5.41 Å². The summed E-state index contributed by atoms with van der Waals surface area (Å²) in [5.74, 6) is -0.529. The molecule has 82 valence electrons. The van der Waals surface area contributed by atoms with Gasteiger partial charge in [0.1, 0.15) is 5.82 Å². The molecule has 0 spiro atoms. The fourth-order valence-corrected chi connectivity index (χ4v) is 0.945. The number of hydrogen-bond donors (Lipinski definition) is 1. The molecule has 15 heavy (non-hydrogen) atoms. The van der Waals surface area contributed by atoms with Gasteiger partial charge in [-0.2, -0.15) is 4.39 Å². The summed E-state index contributed by atoms with van der Waals surface area (Å²) in [6.07, 6.45) is 0. The van der Waals surface area contributed by atoms with E-state index in [2.05, 4.69) is 10.3 Å². The van der Waals surface area contributed by atoms with Gasteiger partial charge in [-0.3, -0.25) is 4.79 Å². The maximum absolute atomic E-state index is 12.7. The van der Waals surface area contributed by atoms with Crippen molar-refractivity contribution in [2.75, 3.05) is 11.2 Å². The number of nitrogens with zero attached hydrogens (tertiary/aromatic N) is 1. The highest BCUT2D eigenvalue weighted by Gasteiger charge is 2.26. The number of hydrogen-bond acceptors (Lipinski definition) is 2. The molecule has 1 amide bonds. The largest absolute Gasteiger partial charge is 0.310 e. The molecule has 1 aromatic rings. The van der Waals surface area contributed by atoms with Crippen molar-refractivity contribution in [3.8, 4) is 0 Å². The molecular weight excluding hydrogens is 219 g/mol. The monoisotopic (exact) mass is 230 g/mol. The van der Waals surface area contributed by atoms with Gasteiger partial charge in [-0.25, -0.2) is 4.98 Å². The first kappa shape index (κ1) is 11.9. The zero-order valence-electron chi connectivity index (χ0n) is 8.55. The Morgan fingerprint density at radius 1 is 1.60 bits per heavy atom. The van der Waals surface area contributed by atoms with Crippen LogP contribution in [-0.2, 0) is 4.79 Å². The number of halogens is 2. The predicted octanol–water partition coefficient (Wildman–Crippen LogP) is 2.42. The second-order valence-electron chi connectivity index (χ2n) is 3.82. The van der Waals surface area contributed by atoms with E-state index in [1.54, 1.807) is 13.8 Å². The molecule has 0 radical (unpaired) electrons. The summed E-state index contributed by atoms with van der Waals surface area (Å²) in [7, 11) is 0. The number of carbonyl (C=O) groups excluding carboxylic acids is 1. The molecule has 0 fully saturated rings. The summed E-state index contributed by atoms with van der Waals surface area (Å²) in [5.41, 5.74) is -0.699. The lowest BCUT2D eigenvalue weighted by atomic mass is 9.95. The minimum absolute atomic E-state index is 0.189. The molecule has 0 atom stereocenters. The molecule has 0 aliphatic carbocycles. The highest BCUT2D eigenvalue weighted by Crippen LogP contribution is 2.19. The van der Waals surface area contributed by atoms with Crippen LogP contribution in [-0.4, -0.2) is 16.8 Å². The average Bonchev–Trinajstić information content (AvgIpc) is 2.17. The molecule has 1 N–H and O–H groups in total. The maximum atomic E-state index is 12.7. The van der Waals surface area contributed by atoms with Crippen LogP contribution >= 0.6 is 11.6 Å². The summed E-state index contributed by atoms with van der Waals surface area (Å²) in [4.78, 5) is 15.1. The lowest BCUT2D eigenvalue weighted by Crippen LogP contribution is -2.32. The molecule has 1 heterocycles. The van der Waals surface area contributed by atoms with Gasteiger partial charge in [0.15, 0.2) is 0 Å². The molecule has 1 rings (SSSR count). The third kappa shape index (κ3) is 3.16. The number of pyridine rings is 1. The van der Waals surface area contributed by atoms with Crippen molar-refractivity contribution in [2.45, 2.75) is 13.8 Å². The number of anilines is 1. The SMILES string of the molecule is CC(C)(CCl)C(=O)Nc1cccc(F)n1. The molecular formula is C10H12ClFN2O. The van der Waals surface area contributed by atoms with Crippen LogP contribution < -0.4 is 5.32 Å². The Labute approximate surface area is 92.7 Å². The normalized spacial score (nSPS) is 11.2. The van der Waals surface area contributed by atoms with Gasteiger partial charge in [0.25, 0.3) is 0 Å². The van der Waals surface area contributed by atoms with Crippen LogP contribution in [0.2, 0.25) is 0 Å². The van der Waals surface area contributed by atoms with Gasteiger partial charge in [-0.05, 0) is 26.0 Å². The Kier molecular flexibility index (Phi) is 3.63. The molecule has 0 aliphatic rings. The molecule has 5 heteroatoms. The van der Waals surface area contributed by atoms with Crippen molar-refractivity contribution in [1.29, 1.82) is 0 Å². The number of nitrogens with one attached hydrogen (secondary N) is 1. The number of aromatic nitrogens is 1. The van der Waals surface area contributed by atoms with E-state index in [-0.39, 0.29) is 17.6 Å². The van der Waals surface area contributed by atoms with Crippen LogP contribution in [0.15, 0.2) is 18.2 Å². The first-order valence-corrected chi connectivity index (χ1v) is 4.99. The Bertz CT molecular complexity index is 368. The van der Waals surface area contributed by atoms with Crippen LogP contribution in [0.3, 0.4) is 0 Å². The summed E-state index contributed by atoms with van der Waals surface area (Å²) in [6.45, 7) is 3.41. The van der Waals surface area contributed by atoms with Gasteiger partial charge < -0.3 is 5.32 Å². The van der Waals surface area contributed by atoms with Gasteiger partial charge >= 0.3 is 0 Å². The number of alkyl halides is 1. The van der Waals surface area contributed by atoms with E-state index >= 15 is 0 Å². The van der Waals surface area contributed by atoms with Gasteiger partial charge in [0.05, 0.1) is 5.41 Å². The van der Waals surface area contributed by atoms with Crippen molar-refractivity contribution < 1.29 is 9.18 Å². The zero-order valence-corrected chi connectivity index (χ0v) is 9.31. The van der Waals surface area contributed by atoms with E-state index in [1.165, 1.54) is 18.2 Å². The molecule has 0 saturated heterocycles. The number of carbonyl (C=O) groups is 1. The maximum Gasteiger partial charge on any atom is 0.232 e. The molecule has 0 bridgehead atoms. The van der Waals surface area contributed by atoms with E-state index in [1.807, 2.05) is 0 Å². The Balaban J connectivity index is 2.75. The van der Waals surface area contributed by atoms with Gasteiger partial charge in [0.2, 0.25) is 11.9 Å².